The molecule has 2 rings (SSSR count). The molecular formula is C23H25FN2. The van der Waals surface area contributed by atoms with Gasteiger partial charge in [-0.15, -0.1) is 0 Å². The summed E-state index contributed by atoms with van der Waals surface area (Å²) >= 11 is 0. The predicted molar refractivity (Wildman–Crippen MR) is 106 cm³/mol. The Morgan fingerprint density at radius 2 is 1.81 bits per heavy atom. The van der Waals surface area contributed by atoms with Crippen LogP contribution in [0.2, 0.25) is 0 Å². The van der Waals surface area contributed by atoms with Gasteiger partial charge in [0.05, 0.1) is 0 Å². The number of hydrogen-bond acceptors (Lipinski definition) is 2. The lowest BCUT2D eigenvalue weighted by Crippen LogP contribution is -2.12. The molecule has 3 heteroatoms. The van der Waals surface area contributed by atoms with E-state index in [-0.39, 0.29) is 0 Å². The molecule has 0 amide bonds. The Bertz CT molecular complexity index is 837. The maximum atomic E-state index is 14.7. The number of benzene rings is 2. The maximum Gasteiger partial charge on any atom is 0.130 e. The number of allylic oxidation sites excluding steroid dienone is 3. The van der Waals surface area contributed by atoms with Crippen LogP contribution in [0.15, 0.2) is 66.9 Å². The van der Waals surface area contributed by atoms with Crippen molar-refractivity contribution in [1.29, 1.82) is 5.26 Å². The molecule has 26 heavy (non-hydrogen) atoms. The van der Waals surface area contributed by atoms with E-state index >= 15 is 0 Å². The van der Waals surface area contributed by atoms with E-state index in [1.165, 1.54) is 5.56 Å². The van der Waals surface area contributed by atoms with Crippen LogP contribution in [-0.4, -0.2) is 7.05 Å². The first kappa shape index (κ1) is 19.5. The molecule has 0 saturated heterocycles. The Kier molecular flexibility index (Phi) is 6.36. The van der Waals surface area contributed by atoms with E-state index in [1.54, 1.807) is 33.0 Å². The van der Waals surface area contributed by atoms with Crippen LogP contribution < -0.4 is 5.32 Å². The fraction of sp³-hybridized carbons (Fsp3) is 0.261. The van der Waals surface area contributed by atoms with Gasteiger partial charge in [0.15, 0.2) is 0 Å². The number of nitrogens with zero attached hydrogens (tertiary/aromatic N) is 1. The van der Waals surface area contributed by atoms with E-state index in [4.69, 9.17) is 0 Å². The zero-order valence-electron chi connectivity index (χ0n) is 15.6. The minimum Gasteiger partial charge on any atom is -0.379 e. The van der Waals surface area contributed by atoms with Crippen LogP contribution in [0, 0.1) is 11.3 Å². The molecule has 2 aromatic carbocycles. The molecule has 0 aliphatic heterocycles. The molecular weight excluding hydrogens is 323 g/mol. The SMILES string of the molecule is C=C/C(=C(/C#N)NC)c1cc(CCc2ccccc2)cc(C(C)(C)F)c1. The average molecular weight is 348 g/mol. The zero-order chi connectivity index (χ0) is 19.2. The monoisotopic (exact) mass is 348 g/mol. The van der Waals surface area contributed by atoms with Crippen LogP contribution in [0.25, 0.3) is 5.57 Å². The highest BCUT2D eigenvalue weighted by atomic mass is 19.1. The lowest BCUT2D eigenvalue weighted by molar-refractivity contribution is 0.221. The van der Waals surface area contributed by atoms with Gasteiger partial charge in [-0.2, -0.15) is 5.26 Å². The summed E-state index contributed by atoms with van der Waals surface area (Å²) in [5, 5.41) is 12.2. The highest BCUT2D eigenvalue weighted by Crippen LogP contribution is 2.30. The molecule has 1 N–H and O–H groups in total. The summed E-state index contributed by atoms with van der Waals surface area (Å²) in [7, 11) is 1.70. The highest BCUT2D eigenvalue weighted by Gasteiger charge is 2.21. The van der Waals surface area contributed by atoms with Gasteiger partial charge in [0.2, 0.25) is 0 Å². The van der Waals surface area contributed by atoms with Crippen molar-refractivity contribution in [3.63, 3.8) is 0 Å². The molecule has 0 atom stereocenters. The van der Waals surface area contributed by atoms with Crippen LogP contribution in [0.5, 0.6) is 0 Å². The van der Waals surface area contributed by atoms with E-state index in [9.17, 15) is 9.65 Å². The third kappa shape index (κ3) is 4.83. The summed E-state index contributed by atoms with van der Waals surface area (Å²) in [6.07, 6.45) is 3.31. The molecule has 0 heterocycles. The first-order valence-corrected chi connectivity index (χ1v) is 8.71. The lowest BCUT2D eigenvalue weighted by atomic mass is 9.90. The number of halogens is 1. The van der Waals surface area contributed by atoms with Gasteiger partial charge in [-0.25, -0.2) is 4.39 Å². The lowest BCUT2D eigenvalue weighted by Gasteiger charge is -2.19. The summed E-state index contributed by atoms with van der Waals surface area (Å²) in [6.45, 7) is 6.93. The largest absolute Gasteiger partial charge is 0.379 e. The number of rotatable bonds is 7. The summed E-state index contributed by atoms with van der Waals surface area (Å²) in [5.74, 6) is 0. The first-order chi connectivity index (χ1) is 12.4. The third-order valence-corrected chi connectivity index (χ3v) is 4.37. The van der Waals surface area contributed by atoms with Crippen molar-refractivity contribution in [2.75, 3.05) is 7.05 Å². The Morgan fingerprint density at radius 3 is 2.35 bits per heavy atom. The van der Waals surface area contributed by atoms with E-state index in [0.29, 0.717) is 16.8 Å². The molecule has 2 aromatic rings. The van der Waals surface area contributed by atoms with Crippen molar-refractivity contribution < 1.29 is 4.39 Å². The zero-order valence-corrected chi connectivity index (χ0v) is 15.6. The van der Waals surface area contributed by atoms with E-state index in [1.807, 2.05) is 30.3 Å². The second-order valence-electron chi connectivity index (χ2n) is 6.73. The Labute approximate surface area is 155 Å². The van der Waals surface area contributed by atoms with E-state index < -0.39 is 5.67 Å². The van der Waals surface area contributed by atoms with Crippen molar-refractivity contribution in [3.05, 3.63) is 89.1 Å². The Hall–Kier alpha value is -2.86. The van der Waals surface area contributed by atoms with Crippen molar-refractivity contribution in [1.82, 2.24) is 5.32 Å². The summed E-state index contributed by atoms with van der Waals surface area (Å²) in [5.41, 5.74) is 3.33. The first-order valence-electron chi connectivity index (χ1n) is 8.71. The summed E-state index contributed by atoms with van der Waals surface area (Å²) in [6, 6.07) is 18.1. The second kappa shape index (κ2) is 8.49. The number of hydrogen-bond donors (Lipinski definition) is 1. The molecule has 2 nitrogen and oxygen atoms in total. The second-order valence-corrected chi connectivity index (χ2v) is 6.73. The summed E-state index contributed by atoms with van der Waals surface area (Å²) < 4.78 is 14.7. The molecule has 0 radical (unpaired) electrons. The molecule has 0 unspecified atom stereocenters. The minimum atomic E-state index is -1.46. The van der Waals surface area contributed by atoms with Gasteiger partial charge in [0.25, 0.3) is 0 Å². The average Bonchev–Trinajstić information content (AvgIpc) is 2.64. The van der Waals surface area contributed by atoms with E-state index in [0.717, 1.165) is 24.0 Å². The van der Waals surface area contributed by atoms with Gasteiger partial charge in [0, 0.05) is 12.6 Å². The van der Waals surface area contributed by atoms with Crippen LogP contribution in [0.4, 0.5) is 4.39 Å². The van der Waals surface area contributed by atoms with Gasteiger partial charge in [-0.3, -0.25) is 0 Å². The van der Waals surface area contributed by atoms with Crippen molar-refractivity contribution in [2.24, 2.45) is 0 Å². The number of aryl methyl sites for hydroxylation is 2. The Morgan fingerprint density at radius 1 is 1.15 bits per heavy atom. The van der Waals surface area contributed by atoms with Crippen LogP contribution >= 0.6 is 0 Å². The summed E-state index contributed by atoms with van der Waals surface area (Å²) in [4.78, 5) is 0. The minimum absolute atomic E-state index is 0.419. The fourth-order valence-electron chi connectivity index (χ4n) is 2.88. The molecule has 0 aliphatic rings. The van der Waals surface area contributed by atoms with Gasteiger partial charge in [-0.1, -0.05) is 55.1 Å². The molecule has 0 spiro atoms. The highest BCUT2D eigenvalue weighted by molar-refractivity contribution is 5.79. The predicted octanol–water partition coefficient (Wildman–Crippen LogP) is 5.32. The molecule has 0 bridgehead atoms. The molecule has 0 fully saturated rings. The number of nitriles is 1. The Balaban J connectivity index is 2.47. The molecule has 0 saturated carbocycles. The quantitative estimate of drug-likeness (QED) is 0.543. The van der Waals surface area contributed by atoms with Crippen LogP contribution in [-0.2, 0) is 18.5 Å². The van der Waals surface area contributed by atoms with E-state index in [2.05, 4.69) is 30.1 Å². The van der Waals surface area contributed by atoms with Gasteiger partial charge < -0.3 is 5.32 Å². The van der Waals surface area contributed by atoms with Gasteiger partial charge in [-0.05, 0) is 55.0 Å². The van der Waals surface area contributed by atoms with Crippen LogP contribution in [0.1, 0.15) is 36.1 Å². The van der Waals surface area contributed by atoms with Gasteiger partial charge in [0.1, 0.15) is 17.4 Å². The van der Waals surface area contributed by atoms with Crippen molar-refractivity contribution >= 4 is 5.57 Å². The number of nitrogens with one attached hydrogen (secondary N) is 1. The normalized spacial score (nSPS) is 12.1. The molecule has 0 aliphatic carbocycles. The third-order valence-electron chi connectivity index (χ3n) is 4.37. The van der Waals surface area contributed by atoms with Crippen molar-refractivity contribution in [3.8, 4) is 6.07 Å². The van der Waals surface area contributed by atoms with Crippen molar-refractivity contribution in [2.45, 2.75) is 32.4 Å². The smallest absolute Gasteiger partial charge is 0.130 e. The maximum absolute atomic E-state index is 14.7. The molecule has 0 aromatic heterocycles. The fourth-order valence-corrected chi connectivity index (χ4v) is 2.88. The number of alkyl halides is 1. The molecule has 134 valence electrons. The standard InChI is InChI=1S/C23H25FN2/c1-5-21(22(16-25)26-4)19-13-18(14-20(15-19)23(2,3)24)12-11-17-9-7-6-8-10-17/h5-10,13-15,26H,1,11-12H2,2-4H3/b22-21+. The van der Waals surface area contributed by atoms with Crippen LogP contribution in [0.3, 0.4) is 0 Å². The topological polar surface area (TPSA) is 35.8 Å². The van der Waals surface area contributed by atoms with Gasteiger partial charge >= 0.3 is 0 Å².